The number of hydrogen-bond donors (Lipinski definition) is 2. The number of benzene rings is 2. The van der Waals surface area contributed by atoms with Gasteiger partial charge in [-0.1, -0.05) is 12.1 Å². The summed E-state index contributed by atoms with van der Waals surface area (Å²) in [4.78, 5) is 28.0. The number of aliphatic carboxylic acids is 1. The van der Waals surface area contributed by atoms with E-state index in [4.69, 9.17) is 14.6 Å². The minimum atomic E-state index is -1.08. The average Bonchev–Trinajstić information content (AvgIpc) is 3.01. The summed E-state index contributed by atoms with van der Waals surface area (Å²) in [6.45, 7) is -0.472. The molecular formula is C19H14BrIN2O5S. The zero-order valence-electron chi connectivity index (χ0n) is 14.9. The van der Waals surface area contributed by atoms with Crippen molar-refractivity contribution in [3.05, 3.63) is 54.9 Å². The van der Waals surface area contributed by atoms with Crippen LogP contribution >= 0.6 is 50.3 Å². The molecule has 3 rings (SSSR count). The third kappa shape index (κ3) is 5.52. The minimum absolute atomic E-state index is 0.249. The van der Waals surface area contributed by atoms with Gasteiger partial charge in [-0.05, 0) is 86.2 Å². The lowest BCUT2D eigenvalue weighted by Gasteiger charge is -2.12. The number of halogens is 2. The van der Waals surface area contributed by atoms with E-state index in [1.54, 1.807) is 18.2 Å². The molecule has 0 radical (unpaired) electrons. The van der Waals surface area contributed by atoms with Crippen LogP contribution in [0.15, 0.2) is 50.8 Å². The van der Waals surface area contributed by atoms with E-state index in [-0.39, 0.29) is 5.91 Å². The molecule has 1 aliphatic heterocycles. The van der Waals surface area contributed by atoms with Crippen molar-refractivity contribution in [2.45, 2.75) is 0 Å². The second kappa shape index (κ2) is 9.63. The molecule has 0 spiro atoms. The third-order valence-corrected chi connectivity index (χ3v) is 6.00. The maximum Gasteiger partial charge on any atom is 0.341 e. The molecule has 0 aliphatic carbocycles. The van der Waals surface area contributed by atoms with Gasteiger partial charge in [-0.15, -0.1) is 0 Å². The second-order valence-corrected chi connectivity index (χ2v) is 8.70. The summed E-state index contributed by atoms with van der Waals surface area (Å²) < 4.78 is 12.1. The Balaban J connectivity index is 1.86. The van der Waals surface area contributed by atoms with Gasteiger partial charge >= 0.3 is 5.97 Å². The monoisotopic (exact) mass is 588 g/mol. The lowest BCUT2D eigenvalue weighted by molar-refractivity contribution is -0.139. The molecule has 10 heteroatoms. The van der Waals surface area contributed by atoms with Crippen LogP contribution in [0.5, 0.6) is 11.5 Å². The fourth-order valence-corrected chi connectivity index (χ4v) is 4.37. The lowest BCUT2D eigenvalue weighted by Crippen LogP contribution is -2.19. The average molecular weight is 589 g/mol. The standard InChI is InChI=1S/C19H14BrIN2O5S/c1-27-14-7-10(6-12(21)17(14)28-9-16(24)25)8-15-18(26)23-19(29-15)22-13-5-3-2-4-11(13)20/h2-8H,9H2,1H3,(H,24,25)(H,22,23,26)/b15-8+. The number of nitrogens with zero attached hydrogens (tertiary/aromatic N) is 1. The largest absolute Gasteiger partial charge is 0.493 e. The van der Waals surface area contributed by atoms with Gasteiger partial charge in [-0.2, -0.15) is 0 Å². The fourth-order valence-electron chi connectivity index (χ4n) is 2.38. The first-order chi connectivity index (χ1) is 13.9. The lowest BCUT2D eigenvalue weighted by atomic mass is 10.2. The van der Waals surface area contributed by atoms with Gasteiger partial charge in [0.25, 0.3) is 5.91 Å². The van der Waals surface area contributed by atoms with Crippen molar-refractivity contribution >= 4 is 79.1 Å². The molecule has 1 heterocycles. The van der Waals surface area contributed by atoms with Gasteiger partial charge in [0.15, 0.2) is 23.3 Å². The molecule has 0 atom stereocenters. The van der Waals surface area contributed by atoms with Crippen LogP contribution in [0.1, 0.15) is 5.56 Å². The number of nitrogens with one attached hydrogen (secondary N) is 1. The first-order valence-electron chi connectivity index (χ1n) is 8.13. The molecule has 29 heavy (non-hydrogen) atoms. The Kier molecular flexibility index (Phi) is 7.19. The highest BCUT2D eigenvalue weighted by Gasteiger charge is 2.24. The number of hydrogen-bond acceptors (Lipinski definition) is 6. The van der Waals surface area contributed by atoms with Crippen LogP contribution in [-0.2, 0) is 9.59 Å². The Labute approximate surface area is 192 Å². The van der Waals surface area contributed by atoms with Crippen molar-refractivity contribution in [1.29, 1.82) is 0 Å². The van der Waals surface area contributed by atoms with Gasteiger partial charge in [-0.25, -0.2) is 9.79 Å². The number of carbonyl (C=O) groups is 2. The number of amides is 1. The van der Waals surface area contributed by atoms with E-state index >= 15 is 0 Å². The zero-order chi connectivity index (χ0) is 21.0. The first kappa shape index (κ1) is 21.7. The summed E-state index contributed by atoms with van der Waals surface area (Å²) in [6.07, 6.45) is 1.72. The highest BCUT2D eigenvalue weighted by molar-refractivity contribution is 14.1. The summed E-state index contributed by atoms with van der Waals surface area (Å²) in [5, 5.41) is 12.0. The molecule has 0 unspecified atom stereocenters. The molecule has 0 bridgehead atoms. The van der Waals surface area contributed by atoms with Gasteiger partial charge in [0.05, 0.1) is 21.3 Å². The number of carboxylic acids is 1. The second-order valence-electron chi connectivity index (χ2n) is 5.65. The third-order valence-electron chi connectivity index (χ3n) is 3.61. The van der Waals surface area contributed by atoms with Crippen LogP contribution in [0, 0.1) is 3.57 Å². The van der Waals surface area contributed by atoms with Crippen LogP contribution in [-0.4, -0.2) is 35.9 Å². The van der Waals surface area contributed by atoms with E-state index in [2.05, 4.69) is 26.2 Å². The number of aliphatic imine (C=N–C) groups is 1. The molecular weight excluding hydrogens is 575 g/mol. The number of thioether (sulfide) groups is 1. The Morgan fingerprint density at radius 3 is 2.83 bits per heavy atom. The number of para-hydroxylation sites is 1. The number of amidine groups is 1. The predicted molar refractivity (Wildman–Crippen MR) is 124 cm³/mol. The molecule has 1 aliphatic rings. The Morgan fingerprint density at radius 1 is 1.38 bits per heavy atom. The van der Waals surface area contributed by atoms with Gasteiger partial charge in [0, 0.05) is 4.47 Å². The Bertz CT molecular complexity index is 1040. The van der Waals surface area contributed by atoms with Crippen LogP contribution in [0.25, 0.3) is 6.08 Å². The predicted octanol–water partition coefficient (Wildman–Crippen LogP) is 4.42. The maximum atomic E-state index is 12.3. The van der Waals surface area contributed by atoms with E-state index in [9.17, 15) is 9.59 Å². The molecule has 2 aromatic carbocycles. The van der Waals surface area contributed by atoms with Crippen LogP contribution < -0.4 is 14.8 Å². The highest BCUT2D eigenvalue weighted by Crippen LogP contribution is 2.36. The van der Waals surface area contributed by atoms with Crippen molar-refractivity contribution in [2.24, 2.45) is 4.99 Å². The van der Waals surface area contributed by atoms with Gasteiger partial charge in [0.2, 0.25) is 0 Å². The summed E-state index contributed by atoms with van der Waals surface area (Å²) in [7, 11) is 1.47. The molecule has 1 saturated heterocycles. The van der Waals surface area contributed by atoms with Crippen molar-refractivity contribution in [3.8, 4) is 11.5 Å². The minimum Gasteiger partial charge on any atom is -0.493 e. The number of carbonyl (C=O) groups excluding carboxylic acids is 1. The zero-order valence-corrected chi connectivity index (χ0v) is 19.5. The summed E-state index contributed by atoms with van der Waals surface area (Å²) in [5.74, 6) is -0.598. The normalized spacial score (nSPS) is 16.2. The van der Waals surface area contributed by atoms with E-state index in [0.717, 1.165) is 4.47 Å². The summed E-state index contributed by atoms with van der Waals surface area (Å²) in [5.41, 5.74) is 1.43. The Morgan fingerprint density at radius 2 is 2.14 bits per heavy atom. The molecule has 7 nitrogen and oxygen atoms in total. The number of ether oxygens (including phenoxy) is 2. The van der Waals surface area contributed by atoms with Crippen LogP contribution in [0.2, 0.25) is 0 Å². The van der Waals surface area contributed by atoms with Gasteiger partial charge < -0.3 is 19.9 Å². The molecule has 0 aromatic heterocycles. The fraction of sp³-hybridized carbons (Fsp3) is 0.105. The van der Waals surface area contributed by atoms with Crippen LogP contribution in [0.3, 0.4) is 0 Å². The number of rotatable bonds is 6. The molecule has 150 valence electrons. The molecule has 1 fully saturated rings. The molecule has 2 N–H and O–H groups in total. The van der Waals surface area contributed by atoms with Gasteiger partial charge in [0.1, 0.15) is 0 Å². The van der Waals surface area contributed by atoms with Crippen LogP contribution in [0.4, 0.5) is 5.69 Å². The number of methoxy groups -OCH3 is 1. The quantitative estimate of drug-likeness (QED) is 0.383. The summed E-state index contributed by atoms with van der Waals surface area (Å²) >= 11 is 6.70. The van der Waals surface area contributed by atoms with E-state index in [1.165, 1.54) is 18.9 Å². The van der Waals surface area contributed by atoms with E-state index in [1.807, 2.05) is 46.9 Å². The van der Waals surface area contributed by atoms with Crippen molar-refractivity contribution in [2.75, 3.05) is 13.7 Å². The topological polar surface area (TPSA) is 97.2 Å². The number of carboxylic acid groups (broad SMARTS) is 1. The van der Waals surface area contributed by atoms with E-state index in [0.29, 0.717) is 36.4 Å². The van der Waals surface area contributed by atoms with Crippen molar-refractivity contribution in [1.82, 2.24) is 5.32 Å². The van der Waals surface area contributed by atoms with E-state index < -0.39 is 12.6 Å². The van der Waals surface area contributed by atoms with Gasteiger partial charge in [-0.3, -0.25) is 4.79 Å². The SMILES string of the molecule is COc1cc(/C=C2/SC(=Nc3ccccc3Br)NC2=O)cc(I)c1OCC(=O)O. The van der Waals surface area contributed by atoms with Crippen molar-refractivity contribution in [3.63, 3.8) is 0 Å². The first-order valence-corrected chi connectivity index (χ1v) is 10.8. The summed E-state index contributed by atoms with van der Waals surface area (Å²) in [6, 6.07) is 10.9. The highest BCUT2D eigenvalue weighted by atomic mass is 127. The van der Waals surface area contributed by atoms with Crippen molar-refractivity contribution < 1.29 is 24.2 Å². The Hall–Kier alpha value is -2.05. The molecule has 1 amide bonds. The smallest absolute Gasteiger partial charge is 0.341 e. The molecule has 2 aromatic rings. The maximum absolute atomic E-state index is 12.3. The molecule has 0 saturated carbocycles.